The number of benzene rings is 3. The molecule has 3 aliphatic heterocycles. The van der Waals surface area contributed by atoms with Crippen LogP contribution < -0.4 is 20.7 Å². The maximum absolute atomic E-state index is 15.1. The summed E-state index contributed by atoms with van der Waals surface area (Å²) in [7, 11) is 0. The molecule has 0 bridgehead atoms. The van der Waals surface area contributed by atoms with Crippen molar-refractivity contribution in [1.29, 1.82) is 0 Å². The smallest absolute Gasteiger partial charge is 0.255 e. The maximum atomic E-state index is 15.1. The van der Waals surface area contributed by atoms with Crippen LogP contribution in [0.5, 0.6) is 5.75 Å². The van der Waals surface area contributed by atoms with Gasteiger partial charge < -0.3 is 20.3 Å². The Morgan fingerprint density at radius 2 is 1.77 bits per heavy atom. The van der Waals surface area contributed by atoms with Crippen LogP contribution in [-0.4, -0.2) is 65.6 Å². The summed E-state index contributed by atoms with van der Waals surface area (Å²) in [5.41, 5.74) is 7.98. The molecule has 0 spiro atoms. The molecule has 228 valence electrons. The van der Waals surface area contributed by atoms with Crippen molar-refractivity contribution in [1.82, 2.24) is 15.1 Å². The summed E-state index contributed by atoms with van der Waals surface area (Å²) in [4.78, 5) is 53.8. The predicted molar refractivity (Wildman–Crippen MR) is 156 cm³/mol. The summed E-state index contributed by atoms with van der Waals surface area (Å²) in [5.74, 6) is -2.28. The number of nitrogens with one attached hydrogen (secondary N) is 1. The topological polar surface area (TPSA) is 125 Å². The van der Waals surface area contributed by atoms with Gasteiger partial charge in [0.2, 0.25) is 17.7 Å². The highest BCUT2D eigenvalue weighted by atomic mass is 19.1. The SMILES string of the molecule is NC(=O)c1ccc(N2CCN(Cc3ccc(COc4cccc5c4CN(C4CCC(=O)NC4=O)C5=O)c(F)c3)CC2)c(F)c1. The minimum absolute atomic E-state index is 0.0477. The Bertz CT molecular complexity index is 1660. The molecule has 3 N–H and O–H groups in total. The highest BCUT2D eigenvalue weighted by Gasteiger charge is 2.40. The Balaban J connectivity index is 1.05. The summed E-state index contributed by atoms with van der Waals surface area (Å²) in [6.07, 6.45) is 0.429. The molecule has 3 aromatic carbocycles. The van der Waals surface area contributed by atoms with Gasteiger partial charge in [0.1, 0.15) is 30.0 Å². The number of amides is 4. The first-order chi connectivity index (χ1) is 21.2. The van der Waals surface area contributed by atoms with Crippen molar-refractivity contribution in [3.63, 3.8) is 0 Å². The number of carbonyl (C=O) groups is 4. The summed E-state index contributed by atoms with van der Waals surface area (Å²) < 4.78 is 35.6. The first kappa shape index (κ1) is 29.2. The molecule has 0 radical (unpaired) electrons. The third-order valence-electron chi connectivity index (χ3n) is 8.39. The predicted octanol–water partition coefficient (Wildman–Crippen LogP) is 2.73. The molecule has 3 aliphatic rings. The summed E-state index contributed by atoms with van der Waals surface area (Å²) in [5, 5.41) is 2.29. The van der Waals surface area contributed by atoms with Crippen molar-refractivity contribution >= 4 is 29.3 Å². The van der Waals surface area contributed by atoms with Gasteiger partial charge in [0, 0.05) is 61.4 Å². The number of carbonyl (C=O) groups excluding carboxylic acids is 4. The van der Waals surface area contributed by atoms with E-state index in [2.05, 4.69) is 10.2 Å². The molecule has 10 nitrogen and oxygen atoms in total. The average Bonchev–Trinajstić information content (AvgIpc) is 3.33. The molecule has 1 atom stereocenters. The van der Waals surface area contributed by atoms with Gasteiger partial charge in [-0.3, -0.25) is 29.4 Å². The van der Waals surface area contributed by atoms with Crippen LogP contribution in [0.25, 0.3) is 0 Å². The Morgan fingerprint density at radius 3 is 2.48 bits per heavy atom. The van der Waals surface area contributed by atoms with E-state index < -0.39 is 29.5 Å². The van der Waals surface area contributed by atoms with E-state index in [1.807, 2.05) is 11.0 Å². The van der Waals surface area contributed by atoms with Gasteiger partial charge in [-0.2, -0.15) is 0 Å². The highest BCUT2D eigenvalue weighted by Crippen LogP contribution is 2.34. The second-order valence-electron chi connectivity index (χ2n) is 11.2. The largest absolute Gasteiger partial charge is 0.488 e. The van der Waals surface area contributed by atoms with Crippen LogP contribution in [0.4, 0.5) is 14.5 Å². The lowest BCUT2D eigenvalue weighted by molar-refractivity contribution is -0.136. The zero-order valence-electron chi connectivity index (χ0n) is 23.9. The number of halogens is 2. The monoisotopic (exact) mass is 603 g/mol. The normalized spacial score (nSPS) is 18.8. The molecule has 2 saturated heterocycles. The van der Waals surface area contributed by atoms with E-state index in [0.717, 1.165) is 11.6 Å². The molecule has 3 heterocycles. The third kappa shape index (κ3) is 5.85. The van der Waals surface area contributed by atoms with E-state index in [1.54, 1.807) is 30.3 Å². The molecule has 44 heavy (non-hydrogen) atoms. The van der Waals surface area contributed by atoms with Crippen molar-refractivity contribution in [2.45, 2.75) is 38.6 Å². The molecule has 0 saturated carbocycles. The van der Waals surface area contributed by atoms with Crippen LogP contribution in [0.3, 0.4) is 0 Å². The summed E-state index contributed by atoms with van der Waals surface area (Å²) >= 11 is 0. The second kappa shape index (κ2) is 12.0. The number of primary amides is 1. The van der Waals surface area contributed by atoms with Crippen molar-refractivity contribution in [3.8, 4) is 5.75 Å². The summed E-state index contributed by atoms with van der Waals surface area (Å²) in [6.45, 7) is 3.09. The zero-order chi connectivity index (χ0) is 31.0. The second-order valence-corrected chi connectivity index (χ2v) is 11.2. The van der Waals surface area contributed by atoms with E-state index in [-0.39, 0.29) is 43.4 Å². The number of nitrogens with zero attached hydrogens (tertiary/aromatic N) is 3. The lowest BCUT2D eigenvalue weighted by atomic mass is 10.0. The number of anilines is 1. The van der Waals surface area contributed by atoms with Gasteiger partial charge in [0.05, 0.1) is 12.2 Å². The Kier molecular flexibility index (Phi) is 8.00. The average molecular weight is 604 g/mol. The van der Waals surface area contributed by atoms with Gasteiger partial charge in [-0.15, -0.1) is 0 Å². The lowest BCUT2D eigenvalue weighted by Crippen LogP contribution is -2.52. The quantitative estimate of drug-likeness (QED) is 0.380. The zero-order valence-corrected chi connectivity index (χ0v) is 23.9. The van der Waals surface area contributed by atoms with Crippen LogP contribution >= 0.6 is 0 Å². The number of hydrogen-bond donors (Lipinski definition) is 2. The molecular formula is C32H31F2N5O5. The van der Waals surface area contributed by atoms with Gasteiger partial charge in [0.25, 0.3) is 5.91 Å². The molecule has 12 heteroatoms. The van der Waals surface area contributed by atoms with Crippen molar-refractivity contribution < 1.29 is 32.7 Å². The summed E-state index contributed by atoms with van der Waals surface area (Å²) in [6, 6.07) is 13.6. The van der Waals surface area contributed by atoms with Crippen LogP contribution in [0.2, 0.25) is 0 Å². The number of nitrogens with two attached hydrogens (primary N) is 1. The van der Waals surface area contributed by atoms with Crippen molar-refractivity contribution in [2.75, 3.05) is 31.1 Å². The highest BCUT2D eigenvalue weighted by molar-refractivity contribution is 6.05. The van der Waals surface area contributed by atoms with Gasteiger partial charge in [-0.05, 0) is 48.4 Å². The van der Waals surface area contributed by atoms with Crippen molar-refractivity contribution in [2.24, 2.45) is 5.73 Å². The Labute approximate surface area is 252 Å². The van der Waals surface area contributed by atoms with Crippen LogP contribution in [-0.2, 0) is 29.3 Å². The third-order valence-corrected chi connectivity index (χ3v) is 8.39. The van der Waals surface area contributed by atoms with Crippen LogP contribution in [0.15, 0.2) is 54.6 Å². The lowest BCUT2D eigenvalue weighted by Gasteiger charge is -2.36. The minimum Gasteiger partial charge on any atom is -0.488 e. The molecule has 6 rings (SSSR count). The fourth-order valence-corrected chi connectivity index (χ4v) is 5.98. The van der Waals surface area contributed by atoms with Gasteiger partial charge >= 0.3 is 0 Å². The number of piperidine rings is 1. The first-order valence-electron chi connectivity index (χ1n) is 14.4. The van der Waals surface area contributed by atoms with E-state index >= 15 is 4.39 Å². The maximum Gasteiger partial charge on any atom is 0.255 e. The number of fused-ring (bicyclic) bond motifs is 1. The first-order valence-corrected chi connectivity index (χ1v) is 14.4. The van der Waals surface area contributed by atoms with Gasteiger partial charge in [-0.25, -0.2) is 8.78 Å². The number of imide groups is 1. The number of hydrogen-bond acceptors (Lipinski definition) is 7. The Hall–Kier alpha value is -4.84. The molecule has 4 amide bonds. The fraction of sp³-hybridized carbons (Fsp3) is 0.312. The minimum atomic E-state index is -0.732. The van der Waals surface area contributed by atoms with Gasteiger partial charge in [-0.1, -0.05) is 18.2 Å². The molecule has 1 unspecified atom stereocenters. The number of rotatable bonds is 8. The van der Waals surface area contributed by atoms with E-state index in [9.17, 15) is 23.6 Å². The number of ether oxygens (including phenoxy) is 1. The van der Waals surface area contributed by atoms with E-state index in [0.29, 0.717) is 60.9 Å². The van der Waals surface area contributed by atoms with E-state index in [1.165, 1.54) is 17.0 Å². The molecular weight excluding hydrogens is 572 g/mol. The van der Waals surface area contributed by atoms with Crippen LogP contribution in [0, 0.1) is 11.6 Å². The van der Waals surface area contributed by atoms with Crippen LogP contribution in [0.1, 0.15) is 50.2 Å². The molecule has 0 aromatic heterocycles. The standard InChI is InChI=1S/C32H31F2N5O5/c33-24-14-19(16-37-10-12-38(13-11-37)26-7-6-20(30(35)41)15-25(26)34)4-5-21(24)18-44-28-3-1-2-22-23(28)17-39(32(22)43)27-8-9-29(40)36-31(27)42/h1-7,14-15,27H,8-13,16-18H2,(H2,35,41)(H,36,40,42). The Morgan fingerprint density at radius 1 is 0.977 bits per heavy atom. The van der Waals surface area contributed by atoms with Crippen molar-refractivity contribution in [3.05, 3.63) is 94.0 Å². The molecule has 3 aromatic rings. The molecule has 2 fully saturated rings. The van der Waals surface area contributed by atoms with Gasteiger partial charge in [0.15, 0.2) is 0 Å². The molecule has 0 aliphatic carbocycles. The fourth-order valence-electron chi connectivity index (χ4n) is 5.98. The van der Waals surface area contributed by atoms with E-state index in [4.69, 9.17) is 10.5 Å². The number of piperazine rings is 1.